The zero-order valence-electron chi connectivity index (χ0n) is 13.7. The molecule has 0 saturated carbocycles. The Labute approximate surface area is 147 Å². The van der Waals surface area contributed by atoms with Crippen LogP contribution in [0.3, 0.4) is 0 Å². The van der Waals surface area contributed by atoms with Crippen LogP contribution in [0.2, 0.25) is 0 Å². The molecule has 6 nitrogen and oxygen atoms in total. The predicted molar refractivity (Wildman–Crippen MR) is 88.2 cm³/mol. The van der Waals surface area contributed by atoms with Crippen LogP contribution >= 0.6 is 11.3 Å². The van der Waals surface area contributed by atoms with Crippen LogP contribution in [0.1, 0.15) is 45.6 Å². The van der Waals surface area contributed by atoms with Crippen molar-refractivity contribution in [3.8, 4) is 0 Å². The Hall–Kier alpha value is -2.61. The smallest absolute Gasteiger partial charge is 0.357 e. The fourth-order valence-corrected chi connectivity index (χ4v) is 2.84. The van der Waals surface area contributed by atoms with Gasteiger partial charge in [-0.3, -0.25) is 9.59 Å². The molecule has 1 atom stereocenters. The molecule has 0 aliphatic rings. The third-order valence-corrected chi connectivity index (χ3v) is 4.04. The van der Waals surface area contributed by atoms with Crippen LogP contribution in [0, 0.1) is 5.82 Å². The molecule has 0 N–H and O–H groups in total. The van der Waals surface area contributed by atoms with E-state index < -0.39 is 29.5 Å². The minimum absolute atomic E-state index is 0.00286. The first-order chi connectivity index (χ1) is 12.0. The van der Waals surface area contributed by atoms with Crippen LogP contribution in [-0.2, 0) is 14.3 Å². The Morgan fingerprint density at radius 2 is 1.76 bits per heavy atom. The molecule has 0 radical (unpaired) electrons. The lowest BCUT2D eigenvalue weighted by atomic mass is 9.95. The lowest BCUT2D eigenvalue weighted by Gasteiger charge is -2.13. The molecule has 2 aromatic rings. The number of halogens is 1. The van der Waals surface area contributed by atoms with Gasteiger partial charge >= 0.3 is 11.9 Å². The molecule has 8 heteroatoms. The molecule has 0 fully saturated rings. The van der Waals surface area contributed by atoms with E-state index in [9.17, 15) is 18.8 Å². The molecule has 0 bridgehead atoms. The van der Waals surface area contributed by atoms with Gasteiger partial charge in [0.05, 0.1) is 13.2 Å². The van der Waals surface area contributed by atoms with Gasteiger partial charge in [-0.1, -0.05) is 12.1 Å². The van der Waals surface area contributed by atoms with Crippen molar-refractivity contribution in [2.24, 2.45) is 0 Å². The Morgan fingerprint density at radius 3 is 2.36 bits per heavy atom. The lowest BCUT2D eigenvalue weighted by molar-refractivity contribution is -0.143. The number of carbonyl (C=O) groups is 3. The summed E-state index contributed by atoms with van der Waals surface area (Å²) in [6.07, 6.45) is 0. The fourth-order valence-electron chi connectivity index (χ4n) is 2.08. The van der Waals surface area contributed by atoms with Gasteiger partial charge in [0.25, 0.3) is 0 Å². The third kappa shape index (κ3) is 4.48. The molecular formula is C17H16FNO5S. The normalized spacial score (nSPS) is 11.6. The van der Waals surface area contributed by atoms with Crippen LogP contribution in [-0.4, -0.2) is 35.9 Å². The Kier molecular flexibility index (Phi) is 6.35. The van der Waals surface area contributed by atoms with E-state index in [2.05, 4.69) is 4.98 Å². The van der Waals surface area contributed by atoms with Crippen molar-refractivity contribution in [3.05, 3.63) is 51.7 Å². The lowest BCUT2D eigenvalue weighted by Crippen LogP contribution is -2.24. The molecule has 0 spiro atoms. The summed E-state index contributed by atoms with van der Waals surface area (Å²) in [5.74, 6) is -3.79. The fraction of sp³-hybridized carbons (Fsp3) is 0.294. The van der Waals surface area contributed by atoms with E-state index in [1.807, 2.05) is 0 Å². The quantitative estimate of drug-likeness (QED) is 0.426. The summed E-state index contributed by atoms with van der Waals surface area (Å²) in [4.78, 5) is 40.6. The molecule has 1 unspecified atom stereocenters. The number of rotatable bonds is 7. The third-order valence-electron chi connectivity index (χ3n) is 3.19. The second kappa shape index (κ2) is 8.48. The topological polar surface area (TPSA) is 82.6 Å². The number of ether oxygens (including phenoxy) is 2. The number of nitrogens with zero attached hydrogens (tertiary/aromatic N) is 1. The van der Waals surface area contributed by atoms with Crippen molar-refractivity contribution in [1.29, 1.82) is 0 Å². The van der Waals surface area contributed by atoms with E-state index in [1.165, 1.54) is 17.5 Å². The molecular weight excluding hydrogens is 349 g/mol. The zero-order valence-corrected chi connectivity index (χ0v) is 14.5. The molecule has 1 aromatic heterocycles. The maximum atomic E-state index is 13.1. The first kappa shape index (κ1) is 18.7. The van der Waals surface area contributed by atoms with Gasteiger partial charge in [-0.25, -0.2) is 14.2 Å². The van der Waals surface area contributed by atoms with E-state index in [1.54, 1.807) is 13.8 Å². The van der Waals surface area contributed by atoms with Crippen molar-refractivity contribution >= 4 is 29.1 Å². The molecule has 0 aliphatic carbocycles. The van der Waals surface area contributed by atoms with E-state index in [-0.39, 0.29) is 29.5 Å². The molecule has 0 saturated heterocycles. The van der Waals surface area contributed by atoms with Crippen molar-refractivity contribution in [2.75, 3.05) is 13.2 Å². The van der Waals surface area contributed by atoms with Gasteiger partial charge in [0.1, 0.15) is 11.7 Å². The first-order valence-electron chi connectivity index (χ1n) is 7.56. The van der Waals surface area contributed by atoms with Crippen molar-refractivity contribution < 1.29 is 28.2 Å². The highest BCUT2D eigenvalue weighted by atomic mass is 32.1. The average Bonchev–Trinajstić information content (AvgIpc) is 3.07. The Morgan fingerprint density at radius 1 is 1.12 bits per heavy atom. The summed E-state index contributed by atoms with van der Waals surface area (Å²) in [5, 5.41) is 1.36. The minimum atomic E-state index is -1.28. The average molecular weight is 365 g/mol. The number of ketones is 1. The number of Topliss-reactive ketones (excluding diaryl/α,β-unsaturated/α-hetero) is 1. The Balaban J connectivity index is 2.33. The van der Waals surface area contributed by atoms with Crippen molar-refractivity contribution in [2.45, 2.75) is 19.8 Å². The molecule has 132 valence electrons. The van der Waals surface area contributed by atoms with Gasteiger partial charge < -0.3 is 9.47 Å². The number of carbonyl (C=O) groups excluding carboxylic acids is 3. The highest BCUT2D eigenvalue weighted by Gasteiger charge is 2.33. The molecule has 1 heterocycles. The zero-order chi connectivity index (χ0) is 18.4. The number of hydrogen-bond acceptors (Lipinski definition) is 7. The Bertz CT molecular complexity index is 772. The molecule has 0 aliphatic heterocycles. The van der Waals surface area contributed by atoms with E-state index in [0.29, 0.717) is 0 Å². The number of benzene rings is 1. The van der Waals surface area contributed by atoms with Crippen LogP contribution in [0.15, 0.2) is 29.6 Å². The highest BCUT2D eigenvalue weighted by Crippen LogP contribution is 2.25. The van der Waals surface area contributed by atoms with Gasteiger partial charge in [-0.15, -0.1) is 11.3 Å². The number of esters is 2. The van der Waals surface area contributed by atoms with Gasteiger partial charge in [0.2, 0.25) is 5.78 Å². The second-order valence-electron chi connectivity index (χ2n) is 4.86. The van der Waals surface area contributed by atoms with Gasteiger partial charge in [-0.2, -0.15) is 0 Å². The van der Waals surface area contributed by atoms with Crippen LogP contribution in [0.25, 0.3) is 0 Å². The van der Waals surface area contributed by atoms with E-state index in [4.69, 9.17) is 9.47 Å². The maximum Gasteiger partial charge on any atom is 0.357 e. The number of aromatic nitrogens is 1. The predicted octanol–water partition coefficient (Wildman–Crippen LogP) is 2.99. The van der Waals surface area contributed by atoms with Gasteiger partial charge in [0, 0.05) is 5.38 Å². The summed E-state index contributed by atoms with van der Waals surface area (Å²) < 4.78 is 22.9. The summed E-state index contributed by atoms with van der Waals surface area (Å²) >= 11 is 0.930. The van der Waals surface area contributed by atoms with E-state index >= 15 is 0 Å². The highest BCUT2D eigenvalue weighted by molar-refractivity contribution is 7.12. The van der Waals surface area contributed by atoms with Crippen molar-refractivity contribution in [1.82, 2.24) is 4.98 Å². The molecule has 1 aromatic carbocycles. The summed E-state index contributed by atoms with van der Waals surface area (Å²) in [6, 6.07) is 4.99. The number of thiazole rings is 1. The number of hydrogen-bond donors (Lipinski definition) is 0. The van der Waals surface area contributed by atoms with Gasteiger partial charge in [0.15, 0.2) is 10.7 Å². The van der Waals surface area contributed by atoms with E-state index in [0.717, 1.165) is 23.5 Å². The molecule has 0 amide bonds. The van der Waals surface area contributed by atoms with Crippen molar-refractivity contribution in [3.63, 3.8) is 0 Å². The summed E-state index contributed by atoms with van der Waals surface area (Å²) in [7, 11) is 0. The maximum absolute atomic E-state index is 13.1. The standard InChI is InChI=1S/C17H16FNO5S/c1-3-23-16(21)12-9-25-15(19-12)14(20)13(17(22)24-4-2)10-5-7-11(18)8-6-10/h5-9,13H,3-4H2,1-2H3. The van der Waals surface area contributed by atoms with Crippen LogP contribution < -0.4 is 0 Å². The monoisotopic (exact) mass is 365 g/mol. The molecule has 25 heavy (non-hydrogen) atoms. The van der Waals surface area contributed by atoms with Crippen LogP contribution in [0.4, 0.5) is 4.39 Å². The first-order valence-corrected chi connectivity index (χ1v) is 8.44. The SMILES string of the molecule is CCOC(=O)c1csc(C(=O)C(C(=O)OCC)c2ccc(F)cc2)n1. The van der Waals surface area contributed by atoms with Crippen LogP contribution in [0.5, 0.6) is 0 Å². The van der Waals surface area contributed by atoms with Gasteiger partial charge in [-0.05, 0) is 31.5 Å². The summed E-state index contributed by atoms with van der Waals surface area (Å²) in [5.41, 5.74) is 0.287. The molecule has 2 rings (SSSR count). The second-order valence-corrected chi connectivity index (χ2v) is 5.72. The largest absolute Gasteiger partial charge is 0.465 e. The minimum Gasteiger partial charge on any atom is -0.465 e. The summed E-state index contributed by atoms with van der Waals surface area (Å²) in [6.45, 7) is 3.55.